The second kappa shape index (κ2) is 4.32. The van der Waals surface area contributed by atoms with E-state index in [0.29, 0.717) is 0 Å². The number of aromatic hydroxyl groups is 2. The van der Waals surface area contributed by atoms with Crippen LogP contribution in [0.2, 0.25) is 0 Å². The van der Waals surface area contributed by atoms with E-state index in [1.165, 1.54) is 11.1 Å². The first-order valence-electron chi connectivity index (χ1n) is 7.84. The highest BCUT2D eigenvalue weighted by atomic mass is 16.7. The average molecular weight is 311 g/mol. The number of fused-ring (bicyclic) bond motifs is 4. The van der Waals surface area contributed by atoms with Crippen molar-refractivity contribution in [2.75, 3.05) is 20.4 Å². The van der Waals surface area contributed by atoms with Crippen LogP contribution < -0.4 is 9.47 Å². The van der Waals surface area contributed by atoms with Crippen LogP contribution in [-0.4, -0.2) is 35.5 Å². The summed E-state index contributed by atoms with van der Waals surface area (Å²) in [5, 5.41) is 19.9. The van der Waals surface area contributed by atoms with Crippen molar-refractivity contribution < 1.29 is 19.7 Å². The fraction of sp³-hybridized carbons (Fsp3) is 0.333. The molecule has 2 N–H and O–H groups in total. The molecule has 0 bridgehead atoms. The molecule has 0 radical (unpaired) electrons. The molecule has 5 rings (SSSR count). The van der Waals surface area contributed by atoms with E-state index in [0.717, 1.165) is 47.6 Å². The zero-order valence-corrected chi connectivity index (χ0v) is 12.8. The van der Waals surface area contributed by atoms with Gasteiger partial charge >= 0.3 is 0 Å². The lowest BCUT2D eigenvalue weighted by atomic mass is 9.76. The molecule has 0 spiro atoms. The van der Waals surface area contributed by atoms with E-state index in [-0.39, 0.29) is 24.3 Å². The zero-order valence-electron chi connectivity index (χ0n) is 12.8. The molecule has 1 aliphatic carbocycles. The van der Waals surface area contributed by atoms with E-state index < -0.39 is 0 Å². The SMILES string of the molecule is CN1CCc2cc3c(c4c2C1Cc1cc(O)c(O)cc1-4)OCO3. The smallest absolute Gasteiger partial charge is 0.231 e. The van der Waals surface area contributed by atoms with Gasteiger partial charge in [0.25, 0.3) is 0 Å². The molecule has 1 atom stereocenters. The largest absolute Gasteiger partial charge is 0.504 e. The molecule has 0 saturated heterocycles. The Balaban J connectivity index is 1.88. The molecule has 0 fully saturated rings. The first-order valence-corrected chi connectivity index (χ1v) is 7.84. The van der Waals surface area contributed by atoms with E-state index in [4.69, 9.17) is 9.47 Å². The van der Waals surface area contributed by atoms with Crippen LogP contribution in [0.1, 0.15) is 22.7 Å². The maximum atomic E-state index is 9.98. The lowest BCUT2D eigenvalue weighted by molar-refractivity contribution is 0.174. The van der Waals surface area contributed by atoms with Gasteiger partial charge < -0.3 is 19.7 Å². The molecule has 0 saturated carbocycles. The van der Waals surface area contributed by atoms with Crippen molar-refractivity contribution in [3.05, 3.63) is 34.9 Å². The van der Waals surface area contributed by atoms with E-state index in [2.05, 4.69) is 18.0 Å². The van der Waals surface area contributed by atoms with Crippen LogP contribution in [0.25, 0.3) is 11.1 Å². The molecule has 118 valence electrons. The van der Waals surface area contributed by atoms with Gasteiger partial charge in [0.05, 0.1) is 0 Å². The Kier molecular flexibility index (Phi) is 2.46. The van der Waals surface area contributed by atoms with E-state index in [9.17, 15) is 10.2 Å². The topological polar surface area (TPSA) is 62.2 Å². The number of benzene rings is 2. The minimum absolute atomic E-state index is 0.0735. The van der Waals surface area contributed by atoms with Crippen molar-refractivity contribution in [1.29, 1.82) is 0 Å². The van der Waals surface area contributed by atoms with Crippen molar-refractivity contribution in [2.24, 2.45) is 0 Å². The van der Waals surface area contributed by atoms with E-state index in [1.54, 1.807) is 12.1 Å². The minimum Gasteiger partial charge on any atom is -0.504 e. The van der Waals surface area contributed by atoms with Crippen molar-refractivity contribution in [3.8, 4) is 34.1 Å². The molecular formula is C18H17NO4. The number of phenolic OH excluding ortho intramolecular Hbond substituents is 2. The second-order valence-corrected chi connectivity index (χ2v) is 6.51. The summed E-state index contributed by atoms with van der Waals surface area (Å²) in [6.07, 6.45) is 1.80. The molecule has 3 aliphatic rings. The first-order chi connectivity index (χ1) is 11.1. The molecule has 1 unspecified atom stereocenters. The van der Waals surface area contributed by atoms with E-state index >= 15 is 0 Å². The van der Waals surface area contributed by atoms with Gasteiger partial charge in [-0.25, -0.2) is 0 Å². The highest BCUT2D eigenvalue weighted by Gasteiger charge is 2.37. The monoisotopic (exact) mass is 311 g/mol. The van der Waals surface area contributed by atoms with Gasteiger partial charge in [0, 0.05) is 18.2 Å². The Hall–Kier alpha value is -2.40. The Morgan fingerprint density at radius 3 is 2.78 bits per heavy atom. The van der Waals surface area contributed by atoms with E-state index in [1.807, 2.05) is 0 Å². The summed E-state index contributed by atoms with van der Waals surface area (Å²) in [6.45, 7) is 1.22. The molecule has 2 aliphatic heterocycles. The number of hydrogen-bond acceptors (Lipinski definition) is 5. The molecule has 23 heavy (non-hydrogen) atoms. The predicted molar refractivity (Wildman–Crippen MR) is 84.1 cm³/mol. The van der Waals surface area contributed by atoms with Gasteiger partial charge in [-0.15, -0.1) is 0 Å². The third-order valence-electron chi connectivity index (χ3n) is 5.27. The zero-order chi connectivity index (χ0) is 15.7. The van der Waals surface area contributed by atoms with Crippen LogP contribution >= 0.6 is 0 Å². The van der Waals surface area contributed by atoms with Crippen molar-refractivity contribution in [3.63, 3.8) is 0 Å². The standard InChI is InChI=1S/C18H17NO4/c1-19-3-2-9-6-15-18(23-8-22-15)17-11-7-14(21)13(20)5-10(11)4-12(19)16(9)17/h5-7,12,20-21H,2-4,8H2,1H3. The Labute approximate surface area is 133 Å². The second-order valence-electron chi connectivity index (χ2n) is 6.51. The molecule has 5 heteroatoms. The summed E-state index contributed by atoms with van der Waals surface area (Å²) >= 11 is 0. The normalized spacial score (nSPS) is 21.0. The quantitative estimate of drug-likeness (QED) is 0.732. The molecule has 2 heterocycles. The fourth-order valence-corrected chi connectivity index (χ4v) is 4.13. The first kappa shape index (κ1) is 13.1. The number of hydrogen-bond donors (Lipinski definition) is 2. The molecule has 5 nitrogen and oxygen atoms in total. The van der Waals surface area contributed by atoms with Crippen molar-refractivity contribution in [1.82, 2.24) is 4.90 Å². The highest BCUT2D eigenvalue weighted by molar-refractivity contribution is 5.85. The number of phenols is 2. The Morgan fingerprint density at radius 1 is 1.09 bits per heavy atom. The number of likely N-dealkylation sites (N-methyl/N-ethyl adjacent to an activating group) is 1. The molecule has 0 amide bonds. The highest BCUT2D eigenvalue weighted by Crippen LogP contribution is 2.54. The molecular weight excluding hydrogens is 294 g/mol. The maximum absolute atomic E-state index is 9.98. The number of ether oxygens (including phenoxy) is 2. The van der Waals surface area contributed by atoms with Gasteiger partial charge in [0.15, 0.2) is 23.0 Å². The van der Waals surface area contributed by atoms with Gasteiger partial charge in [-0.1, -0.05) is 0 Å². The average Bonchev–Trinajstić information content (AvgIpc) is 3.00. The summed E-state index contributed by atoms with van der Waals surface area (Å²) in [5.41, 5.74) is 5.56. The van der Waals surface area contributed by atoms with Crippen LogP contribution in [0, 0.1) is 0 Å². The van der Waals surface area contributed by atoms with Gasteiger partial charge in [-0.2, -0.15) is 0 Å². The molecule has 0 aromatic heterocycles. The van der Waals surface area contributed by atoms with Crippen LogP contribution in [-0.2, 0) is 12.8 Å². The summed E-state index contributed by atoms with van der Waals surface area (Å²) in [5.74, 6) is 1.37. The molecule has 2 aromatic carbocycles. The van der Waals surface area contributed by atoms with Gasteiger partial charge in [-0.3, -0.25) is 4.90 Å². The summed E-state index contributed by atoms with van der Waals surface area (Å²) in [7, 11) is 2.13. The van der Waals surface area contributed by atoms with Crippen molar-refractivity contribution in [2.45, 2.75) is 18.9 Å². The van der Waals surface area contributed by atoms with Crippen molar-refractivity contribution >= 4 is 0 Å². The van der Waals surface area contributed by atoms with Crippen LogP contribution in [0.5, 0.6) is 23.0 Å². The van der Waals surface area contributed by atoms with Gasteiger partial charge in [-0.05, 0) is 60.3 Å². The van der Waals surface area contributed by atoms with Crippen LogP contribution in [0.15, 0.2) is 18.2 Å². The number of nitrogens with zero attached hydrogens (tertiary/aromatic N) is 1. The summed E-state index contributed by atoms with van der Waals surface area (Å²) < 4.78 is 11.4. The van der Waals surface area contributed by atoms with Gasteiger partial charge in [0.1, 0.15) is 0 Å². The molecule has 2 aromatic rings. The Bertz CT molecular complexity index is 846. The third-order valence-corrected chi connectivity index (χ3v) is 5.27. The Morgan fingerprint density at radius 2 is 1.91 bits per heavy atom. The third kappa shape index (κ3) is 1.65. The minimum atomic E-state index is -0.100. The lowest BCUT2D eigenvalue weighted by Gasteiger charge is -2.40. The van der Waals surface area contributed by atoms with Crippen LogP contribution in [0.3, 0.4) is 0 Å². The predicted octanol–water partition coefficient (Wildman–Crippen LogP) is 2.58. The summed E-state index contributed by atoms with van der Waals surface area (Å²) in [4.78, 5) is 2.35. The lowest BCUT2D eigenvalue weighted by Crippen LogP contribution is -2.35. The maximum Gasteiger partial charge on any atom is 0.231 e. The fourth-order valence-electron chi connectivity index (χ4n) is 4.13. The number of rotatable bonds is 0. The van der Waals surface area contributed by atoms with Gasteiger partial charge in [0.2, 0.25) is 6.79 Å². The van der Waals surface area contributed by atoms with Crippen LogP contribution in [0.4, 0.5) is 0 Å². The summed E-state index contributed by atoms with van der Waals surface area (Å²) in [6, 6.07) is 5.68.